The van der Waals surface area contributed by atoms with Gasteiger partial charge in [0.15, 0.2) is 11.5 Å². The molecule has 0 aromatic heterocycles. The van der Waals surface area contributed by atoms with E-state index in [2.05, 4.69) is 53.1 Å². The van der Waals surface area contributed by atoms with Crippen LogP contribution in [0.1, 0.15) is 35.1 Å². The second-order valence-electron chi connectivity index (χ2n) is 10.1. The summed E-state index contributed by atoms with van der Waals surface area (Å²) in [5.41, 5.74) is 5.05. The Bertz CT molecular complexity index is 1230. The minimum absolute atomic E-state index is 0. The molecule has 192 valence electrons. The van der Waals surface area contributed by atoms with Gasteiger partial charge in [-0.15, -0.1) is 12.4 Å². The van der Waals surface area contributed by atoms with Gasteiger partial charge in [-0.3, -0.25) is 9.69 Å². The Hall–Kier alpha value is -2.76. The summed E-state index contributed by atoms with van der Waals surface area (Å²) in [4.78, 5) is 17.9. The molecule has 1 saturated heterocycles. The van der Waals surface area contributed by atoms with E-state index in [1.165, 1.54) is 40.3 Å². The number of rotatable bonds is 6. The molecule has 1 atom stereocenters. The number of ether oxygens (including phenoxy) is 2. The van der Waals surface area contributed by atoms with Crippen molar-refractivity contribution in [1.82, 2.24) is 9.80 Å². The maximum atomic E-state index is 13.2. The van der Waals surface area contributed by atoms with Gasteiger partial charge in [0.05, 0.1) is 20.6 Å². The number of benzene rings is 3. The van der Waals surface area contributed by atoms with Crippen LogP contribution in [-0.4, -0.2) is 56.1 Å². The van der Waals surface area contributed by atoms with E-state index in [0.29, 0.717) is 18.1 Å². The highest BCUT2D eigenvalue weighted by Crippen LogP contribution is 2.33. The molecule has 3 aromatic carbocycles. The van der Waals surface area contributed by atoms with Crippen molar-refractivity contribution in [3.8, 4) is 11.5 Å². The lowest BCUT2D eigenvalue weighted by Gasteiger charge is -2.36. The van der Waals surface area contributed by atoms with Crippen molar-refractivity contribution in [3.05, 3.63) is 70.8 Å². The molecule has 1 amide bonds. The summed E-state index contributed by atoms with van der Waals surface area (Å²) in [7, 11) is 3.30. The van der Waals surface area contributed by atoms with Gasteiger partial charge in [0.2, 0.25) is 5.91 Å². The lowest BCUT2D eigenvalue weighted by molar-refractivity contribution is -0.131. The van der Waals surface area contributed by atoms with Gasteiger partial charge in [-0.05, 0) is 83.8 Å². The Morgan fingerprint density at radius 3 is 2.50 bits per heavy atom. The molecule has 1 unspecified atom stereocenters. The van der Waals surface area contributed by atoms with Crippen LogP contribution in [0, 0.1) is 12.8 Å². The number of likely N-dealkylation sites (tertiary alicyclic amines) is 1. The highest BCUT2D eigenvalue weighted by molar-refractivity contribution is 5.86. The summed E-state index contributed by atoms with van der Waals surface area (Å²) < 4.78 is 11.0. The molecule has 0 radical (unpaired) electrons. The van der Waals surface area contributed by atoms with Gasteiger partial charge in [-0.1, -0.05) is 36.4 Å². The van der Waals surface area contributed by atoms with Crippen molar-refractivity contribution >= 4 is 29.1 Å². The van der Waals surface area contributed by atoms with Crippen molar-refractivity contribution < 1.29 is 14.3 Å². The number of piperidine rings is 1. The Balaban J connectivity index is 0.00000304. The van der Waals surface area contributed by atoms with Crippen molar-refractivity contribution in [3.63, 3.8) is 0 Å². The molecule has 0 bridgehead atoms. The number of hydrogen-bond donors (Lipinski definition) is 0. The first-order chi connectivity index (χ1) is 17.1. The van der Waals surface area contributed by atoms with Crippen LogP contribution in [0.4, 0.5) is 0 Å². The minimum atomic E-state index is 0. The van der Waals surface area contributed by atoms with Gasteiger partial charge >= 0.3 is 0 Å². The summed E-state index contributed by atoms with van der Waals surface area (Å²) in [6.07, 6.45) is 3.66. The topological polar surface area (TPSA) is 42.0 Å². The first-order valence-corrected chi connectivity index (χ1v) is 12.8. The average molecular weight is 509 g/mol. The summed E-state index contributed by atoms with van der Waals surface area (Å²) in [6.45, 7) is 6.97. The number of carbonyl (C=O) groups excluding carboxylic acids is 1. The predicted molar refractivity (Wildman–Crippen MR) is 147 cm³/mol. The molecule has 0 aliphatic carbocycles. The van der Waals surface area contributed by atoms with Crippen LogP contribution in [0.25, 0.3) is 10.8 Å². The number of fused-ring (bicyclic) bond motifs is 2. The standard InChI is InChI=1S/C30H36N2O3.ClH/c1-21-10-11-23-8-4-5-9-26(23)27(21)20-31-13-6-7-22(18-31)19-32-14-12-24-15-28(34-2)29(35-3)16-25(24)17-30(32)33;/h4-5,8-11,15-16,22H,6-7,12-14,17-20H2,1-3H3;1H. The fourth-order valence-corrected chi connectivity index (χ4v) is 5.84. The van der Waals surface area contributed by atoms with Crippen LogP contribution in [0.5, 0.6) is 11.5 Å². The zero-order valence-electron chi connectivity index (χ0n) is 21.6. The van der Waals surface area contributed by atoms with E-state index in [1.807, 2.05) is 12.1 Å². The van der Waals surface area contributed by atoms with Gasteiger partial charge in [-0.25, -0.2) is 0 Å². The number of methoxy groups -OCH3 is 2. The van der Waals surface area contributed by atoms with Gasteiger partial charge in [0.25, 0.3) is 0 Å². The molecular weight excluding hydrogens is 472 g/mol. The number of halogens is 1. The Morgan fingerprint density at radius 1 is 0.972 bits per heavy atom. The number of carbonyl (C=O) groups is 1. The monoisotopic (exact) mass is 508 g/mol. The molecule has 2 aliphatic rings. The lowest BCUT2D eigenvalue weighted by Crippen LogP contribution is -2.43. The van der Waals surface area contributed by atoms with E-state index in [-0.39, 0.29) is 18.3 Å². The second-order valence-corrected chi connectivity index (χ2v) is 10.1. The summed E-state index contributed by atoms with van der Waals surface area (Å²) in [5.74, 6) is 2.16. The summed E-state index contributed by atoms with van der Waals surface area (Å²) >= 11 is 0. The van der Waals surface area contributed by atoms with Crippen molar-refractivity contribution in [2.45, 2.75) is 39.2 Å². The number of nitrogens with zero attached hydrogens (tertiary/aromatic N) is 2. The van der Waals surface area contributed by atoms with E-state index in [4.69, 9.17) is 9.47 Å². The highest BCUT2D eigenvalue weighted by Gasteiger charge is 2.27. The molecule has 1 fully saturated rings. The van der Waals surface area contributed by atoms with Crippen LogP contribution in [0.15, 0.2) is 48.5 Å². The minimum Gasteiger partial charge on any atom is -0.493 e. The third-order valence-corrected chi connectivity index (χ3v) is 7.79. The Kier molecular flexibility index (Phi) is 8.43. The maximum absolute atomic E-state index is 13.2. The second kappa shape index (κ2) is 11.5. The fraction of sp³-hybridized carbons (Fsp3) is 0.433. The normalized spacial score (nSPS) is 18.4. The number of aryl methyl sites for hydroxylation is 1. The average Bonchev–Trinajstić information content (AvgIpc) is 3.03. The van der Waals surface area contributed by atoms with Gasteiger partial charge in [-0.2, -0.15) is 0 Å². The molecule has 0 saturated carbocycles. The van der Waals surface area contributed by atoms with E-state index in [0.717, 1.165) is 50.5 Å². The maximum Gasteiger partial charge on any atom is 0.227 e. The van der Waals surface area contributed by atoms with Crippen molar-refractivity contribution in [2.24, 2.45) is 5.92 Å². The van der Waals surface area contributed by atoms with Gasteiger partial charge < -0.3 is 14.4 Å². The fourth-order valence-electron chi connectivity index (χ4n) is 5.84. The zero-order valence-corrected chi connectivity index (χ0v) is 22.4. The molecule has 36 heavy (non-hydrogen) atoms. The summed E-state index contributed by atoms with van der Waals surface area (Å²) in [5, 5.41) is 2.67. The molecule has 5 nitrogen and oxygen atoms in total. The molecule has 5 rings (SSSR count). The molecule has 2 aliphatic heterocycles. The molecule has 3 aromatic rings. The third kappa shape index (κ3) is 5.47. The van der Waals surface area contributed by atoms with Gasteiger partial charge in [0.1, 0.15) is 0 Å². The highest BCUT2D eigenvalue weighted by atomic mass is 35.5. The van der Waals surface area contributed by atoms with Crippen LogP contribution in [0.3, 0.4) is 0 Å². The first kappa shape index (κ1) is 26.3. The molecule has 0 N–H and O–H groups in total. The van der Waals surface area contributed by atoms with E-state index in [9.17, 15) is 4.79 Å². The SMILES string of the molecule is COc1cc2c(cc1OC)CC(=O)N(CC1CCCN(Cc3c(C)ccc4ccccc34)C1)CC2.Cl. The quantitative estimate of drug-likeness (QED) is 0.445. The van der Waals surface area contributed by atoms with Crippen LogP contribution in [0.2, 0.25) is 0 Å². The first-order valence-electron chi connectivity index (χ1n) is 12.8. The number of amides is 1. The molecule has 6 heteroatoms. The Labute approximate surface area is 220 Å². The van der Waals surface area contributed by atoms with Crippen LogP contribution < -0.4 is 9.47 Å². The Morgan fingerprint density at radius 2 is 1.72 bits per heavy atom. The van der Waals surface area contributed by atoms with Crippen molar-refractivity contribution in [1.29, 1.82) is 0 Å². The van der Waals surface area contributed by atoms with Gasteiger partial charge in [0, 0.05) is 26.2 Å². The summed E-state index contributed by atoms with van der Waals surface area (Å²) in [6, 6.07) is 17.2. The van der Waals surface area contributed by atoms with Crippen molar-refractivity contribution in [2.75, 3.05) is 40.4 Å². The molecule has 0 spiro atoms. The smallest absolute Gasteiger partial charge is 0.227 e. The van der Waals surface area contributed by atoms with E-state index in [1.54, 1.807) is 14.2 Å². The predicted octanol–water partition coefficient (Wildman–Crippen LogP) is 5.43. The third-order valence-electron chi connectivity index (χ3n) is 7.79. The lowest BCUT2D eigenvalue weighted by atomic mass is 9.94. The van der Waals surface area contributed by atoms with Crippen LogP contribution in [-0.2, 0) is 24.2 Å². The van der Waals surface area contributed by atoms with E-state index < -0.39 is 0 Å². The molecular formula is C30H37ClN2O3. The van der Waals surface area contributed by atoms with E-state index >= 15 is 0 Å². The largest absolute Gasteiger partial charge is 0.493 e. The van der Waals surface area contributed by atoms with Crippen LogP contribution >= 0.6 is 12.4 Å². The molecule has 2 heterocycles. The zero-order chi connectivity index (χ0) is 24.4. The number of hydrogen-bond acceptors (Lipinski definition) is 4.